The highest BCUT2D eigenvalue weighted by Gasteiger charge is 2.20. The molecule has 0 aromatic carbocycles. The van der Waals surface area contributed by atoms with Gasteiger partial charge < -0.3 is 10.4 Å². The zero-order valence-corrected chi connectivity index (χ0v) is 12.6. The number of aromatic nitrogens is 4. The number of anilines is 1. The fourth-order valence-corrected chi connectivity index (χ4v) is 2.86. The molecular weight excluding hydrogens is 268 g/mol. The second-order valence-corrected chi connectivity index (χ2v) is 5.65. The highest BCUT2D eigenvalue weighted by Crippen LogP contribution is 2.21. The Morgan fingerprint density at radius 2 is 2.10 bits per heavy atom. The van der Waals surface area contributed by atoms with Gasteiger partial charge in [0.2, 0.25) is 0 Å². The van der Waals surface area contributed by atoms with Crippen LogP contribution in [0.2, 0.25) is 0 Å². The van der Waals surface area contributed by atoms with Crippen LogP contribution in [-0.4, -0.2) is 56.5 Å². The van der Waals surface area contributed by atoms with Gasteiger partial charge in [0.05, 0.1) is 18.1 Å². The van der Waals surface area contributed by atoms with Crippen molar-refractivity contribution in [2.45, 2.75) is 19.4 Å². The molecule has 114 valence electrons. The summed E-state index contributed by atoms with van der Waals surface area (Å²) in [6, 6.07) is 0. The summed E-state index contributed by atoms with van der Waals surface area (Å²) in [4.78, 5) is 11.6. The number of rotatable bonds is 4. The van der Waals surface area contributed by atoms with E-state index in [4.69, 9.17) is 0 Å². The van der Waals surface area contributed by atoms with Gasteiger partial charge in [-0.05, 0) is 31.8 Å². The van der Waals surface area contributed by atoms with E-state index in [1.165, 1.54) is 0 Å². The van der Waals surface area contributed by atoms with Crippen LogP contribution >= 0.6 is 0 Å². The van der Waals surface area contributed by atoms with E-state index in [0.717, 1.165) is 55.2 Å². The standard InChI is InChI=1S/C14H22N6O/c1-15-13-11-7-16-19(2)14(11)18-12(17-13)8-20-5-3-10(9-21)4-6-20/h7,10,21H,3-6,8-9H2,1-2H3,(H,15,17,18). The van der Waals surface area contributed by atoms with Crippen LogP contribution in [0.25, 0.3) is 11.0 Å². The number of hydrogen-bond donors (Lipinski definition) is 2. The van der Waals surface area contributed by atoms with Crippen molar-refractivity contribution in [1.82, 2.24) is 24.6 Å². The average Bonchev–Trinajstić information content (AvgIpc) is 2.89. The molecule has 1 aliphatic heterocycles. The lowest BCUT2D eigenvalue weighted by molar-refractivity contribution is 0.125. The fourth-order valence-electron chi connectivity index (χ4n) is 2.86. The van der Waals surface area contributed by atoms with Gasteiger partial charge in [-0.25, -0.2) is 9.97 Å². The Morgan fingerprint density at radius 3 is 2.76 bits per heavy atom. The first-order valence-electron chi connectivity index (χ1n) is 7.41. The van der Waals surface area contributed by atoms with Gasteiger partial charge in [-0.3, -0.25) is 9.58 Å². The van der Waals surface area contributed by atoms with E-state index >= 15 is 0 Å². The lowest BCUT2D eigenvalue weighted by Gasteiger charge is -2.30. The monoisotopic (exact) mass is 290 g/mol. The molecule has 0 unspecified atom stereocenters. The second-order valence-electron chi connectivity index (χ2n) is 5.65. The summed E-state index contributed by atoms with van der Waals surface area (Å²) >= 11 is 0. The number of aliphatic hydroxyl groups excluding tert-OH is 1. The molecule has 2 N–H and O–H groups in total. The van der Waals surface area contributed by atoms with Crippen molar-refractivity contribution in [3.8, 4) is 0 Å². The summed E-state index contributed by atoms with van der Waals surface area (Å²) in [6.07, 6.45) is 3.88. The molecule has 1 fully saturated rings. The average molecular weight is 290 g/mol. The van der Waals surface area contributed by atoms with Gasteiger partial charge in [0.25, 0.3) is 0 Å². The van der Waals surface area contributed by atoms with E-state index in [2.05, 4.69) is 25.3 Å². The van der Waals surface area contributed by atoms with Crippen molar-refractivity contribution >= 4 is 16.9 Å². The van der Waals surface area contributed by atoms with Crippen LogP contribution in [0.1, 0.15) is 18.7 Å². The van der Waals surface area contributed by atoms with Gasteiger partial charge in [-0.15, -0.1) is 0 Å². The molecule has 21 heavy (non-hydrogen) atoms. The largest absolute Gasteiger partial charge is 0.396 e. The molecule has 7 nitrogen and oxygen atoms in total. The quantitative estimate of drug-likeness (QED) is 0.859. The van der Waals surface area contributed by atoms with Crippen LogP contribution in [0.5, 0.6) is 0 Å². The van der Waals surface area contributed by atoms with Crippen LogP contribution in [0.15, 0.2) is 6.20 Å². The summed E-state index contributed by atoms with van der Waals surface area (Å²) < 4.78 is 1.78. The minimum absolute atomic E-state index is 0.301. The Labute approximate surface area is 124 Å². The van der Waals surface area contributed by atoms with Crippen molar-refractivity contribution < 1.29 is 5.11 Å². The normalized spacial score (nSPS) is 17.5. The number of aryl methyl sites for hydroxylation is 1. The number of nitrogens with one attached hydrogen (secondary N) is 1. The molecule has 0 radical (unpaired) electrons. The van der Waals surface area contributed by atoms with E-state index in [9.17, 15) is 5.11 Å². The van der Waals surface area contributed by atoms with Gasteiger partial charge in [0, 0.05) is 20.7 Å². The maximum Gasteiger partial charge on any atom is 0.163 e. The number of likely N-dealkylation sites (tertiary alicyclic amines) is 1. The molecule has 1 aliphatic rings. The minimum Gasteiger partial charge on any atom is -0.396 e. The van der Waals surface area contributed by atoms with Crippen molar-refractivity contribution in [1.29, 1.82) is 0 Å². The summed E-state index contributed by atoms with van der Waals surface area (Å²) in [5.74, 6) is 2.10. The van der Waals surface area contributed by atoms with Gasteiger partial charge in [-0.1, -0.05) is 0 Å². The van der Waals surface area contributed by atoms with Crippen molar-refractivity contribution in [2.75, 3.05) is 32.1 Å². The lowest BCUT2D eigenvalue weighted by atomic mass is 9.98. The van der Waals surface area contributed by atoms with E-state index < -0.39 is 0 Å². The van der Waals surface area contributed by atoms with Gasteiger partial charge in [-0.2, -0.15) is 5.10 Å². The van der Waals surface area contributed by atoms with E-state index in [-0.39, 0.29) is 0 Å². The molecule has 0 atom stereocenters. The van der Waals surface area contributed by atoms with Crippen molar-refractivity contribution in [3.05, 3.63) is 12.0 Å². The van der Waals surface area contributed by atoms with Gasteiger partial charge in [0.15, 0.2) is 5.65 Å². The number of hydrogen-bond acceptors (Lipinski definition) is 6. The number of nitrogens with zero attached hydrogens (tertiary/aromatic N) is 5. The zero-order chi connectivity index (χ0) is 14.8. The Morgan fingerprint density at radius 1 is 1.33 bits per heavy atom. The number of aliphatic hydroxyl groups is 1. The molecule has 0 amide bonds. The number of piperidine rings is 1. The first kappa shape index (κ1) is 14.2. The highest BCUT2D eigenvalue weighted by molar-refractivity contribution is 5.86. The second kappa shape index (κ2) is 5.95. The maximum absolute atomic E-state index is 9.20. The first-order valence-corrected chi connectivity index (χ1v) is 7.41. The molecule has 0 aliphatic carbocycles. The third kappa shape index (κ3) is 2.84. The first-order chi connectivity index (χ1) is 10.2. The topological polar surface area (TPSA) is 79.1 Å². The Kier molecular flexibility index (Phi) is 4.03. The molecule has 1 saturated heterocycles. The molecule has 2 aromatic rings. The van der Waals surface area contributed by atoms with E-state index in [0.29, 0.717) is 12.5 Å². The Bertz CT molecular complexity index is 617. The third-order valence-corrected chi connectivity index (χ3v) is 4.21. The summed E-state index contributed by atoms with van der Waals surface area (Å²) in [6.45, 7) is 3.03. The molecule has 3 heterocycles. The molecule has 2 aromatic heterocycles. The minimum atomic E-state index is 0.301. The van der Waals surface area contributed by atoms with Crippen molar-refractivity contribution in [3.63, 3.8) is 0 Å². The smallest absolute Gasteiger partial charge is 0.163 e. The molecule has 0 saturated carbocycles. The lowest BCUT2D eigenvalue weighted by Crippen LogP contribution is -2.34. The van der Waals surface area contributed by atoms with Crippen LogP contribution in [0, 0.1) is 5.92 Å². The van der Waals surface area contributed by atoms with Crippen LogP contribution in [0.3, 0.4) is 0 Å². The Hall–Kier alpha value is -1.73. The predicted octanol–water partition coefficient (Wildman–Crippen LogP) is 0.609. The molecule has 0 bridgehead atoms. The van der Waals surface area contributed by atoms with E-state index in [1.807, 2.05) is 14.1 Å². The number of fused-ring (bicyclic) bond motifs is 1. The Balaban J connectivity index is 1.79. The summed E-state index contributed by atoms with van der Waals surface area (Å²) in [5, 5.41) is 17.5. The van der Waals surface area contributed by atoms with Gasteiger partial charge in [0.1, 0.15) is 11.6 Å². The summed E-state index contributed by atoms with van der Waals surface area (Å²) in [5.41, 5.74) is 0.856. The molecule has 0 spiro atoms. The SMILES string of the molecule is CNc1nc(CN2CCC(CO)CC2)nc2c1cnn2C. The zero-order valence-electron chi connectivity index (χ0n) is 12.6. The molecular formula is C14H22N6O. The van der Waals surface area contributed by atoms with E-state index in [1.54, 1.807) is 10.9 Å². The van der Waals surface area contributed by atoms with Gasteiger partial charge >= 0.3 is 0 Å². The molecule has 7 heteroatoms. The van der Waals surface area contributed by atoms with Crippen LogP contribution in [0.4, 0.5) is 5.82 Å². The van der Waals surface area contributed by atoms with Crippen molar-refractivity contribution in [2.24, 2.45) is 13.0 Å². The molecule has 3 rings (SSSR count). The van der Waals surface area contributed by atoms with Crippen LogP contribution < -0.4 is 5.32 Å². The third-order valence-electron chi connectivity index (χ3n) is 4.21. The highest BCUT2D eigenvalue weighted by atomic mass is 16.3. The summed E-state index contributed by atoms with van der Waals surface area (Å²) in [7, 11) is 3.76. The van der Waals surface area contributed by atoms with Crippen LogP contribution in [-0.2, 0) is 13.6 Å². The predicted molar refractivity (Wildman–Crippen MR) is 80.9 cm³/mol. The fraction of sp³-hybridized carbons (Fsp3) is 0.643. The maximum atomic E-state index is 9.20.